The lowest BCUT2D eigenvalue weighted by Crippen LogP contribution is -2.45. The zero-order valence-electron chi connectivity index (χ0n) is 18.0. The molecule has 164 valence electrons. The predicted molar refractivity (Wildman–Crippen MR) is 130 cm³/mol. The molecular weight excluding hydrogens is 466 g/mol. The van der Waals surface area contributed by atoms with Gasteiger partial charge in [-0.15, -0.1) is 0 Å². The first-order chi connectivity index (χ1) is 15.5. The summed E-state index contributed by atoms with van der Waals surface area (Å²) in [6, 6.07) is 29.1. The molecule has 0 saturated carbocycles. The molecule has 3 aromatic rings. The van der Waals surface area contributed by atoms with Crippen LogP contribution in [0, 0.1) is 0 Å². The number of carbonyl (C=O) groups is 2. The van der Waals surface area contributed by atoms with Gasteiger partial charge < -0.3 is 10.1 Å². The molecule has 3 rings (SSSR count). The van der Waals surface area contributed by atoms with Gasteiger partial charge in [0.2, 0.25) is 5.91 Å². The van der Waals surface area contributed by atoms with E-state index in [1.807, 2.05) is 91.0 Å². The third kappa shape index (κ3) is 5.35. The number of halogens is 1. The summed E-state index contributed by atoms with van der Waals surface area (Å²) < 4.78 is 5.49. The first kappa shape index (κ1) is 23.5. The van der Waals surface area contributed by atoms with Crippen LogP contribution < -0.4 is 5.32 Å². The number of rotatable bonds is 9. The maximum atomic E-state index is 13.4. The van der Waals surface area contributed by atoms with Crippen LogP contribution in [-0.2, 0) is 19.7 Å². The Bertz CT molecular complexity index is 955. The summed E-state index contributed by atoms with van der Waals surface area (Å²) in [5, 5.41) is 2.86. The molecule has 0 aromatic heterocycles. The van der Waals surface area contributed by atoms with Crippen molar-refractivity contribution in [2.45, 2.75) is 24.3 Å². The smallest absolute Gasteiger partial charge is 0.328 e. The van der Waals surface area contributed by atoms with Crippen molar-refractivity contribution in [3.05, 3.63) is 119 Å². The lowest BCUT2D eigenvalue weighted by Gasteiger charge is -2.36. The maximum absolute atomic E-state index is 13.4. The Hall–Kier alpha value is -3.18. The fourth-order valence-electron chi connectivity index (χ4n) is 4.02. The minimum Gasteiger partial charge on any atom is -0.467 e. The van der Waals surface area contributed by atoms with Crippen LogP contribution in [0.25, 0.3) is 0 Å². The van der Waals surface area contributed by atoms with Crippen molar-refractivity contribution >= 4 is 27.8 Å². The molecule has 5 heteroatoms. The lowest BCUT2D eigenvalue weighted by atomic mass is 9.67. The fourth-order valence-corrected chi connectivity index (χ4v) is 4.34. The van der Waals surface area contributed by atoms with E-state index in [0.29, 0.717) is 4.48 Å². The van der Waals surface area contributed by atoms with Crippen molar-refractivity contribution < 1.29 is 14.3 Å². The Morgan fingerprint density at radius 1 is 0.875 bits per heavy atom. The molecular formula is C27H26BrNO3. The molecule has 0 fully saturated rings. The van der Waals surface area contributed by atoms with Gasteiger partial charge in [-0.1, -0.05) is 114 Å². The second-order valence-corrected chi connectivity index (χ2v) is 8.67. The third-order valence-corrected chi connectivity index (χ3v) is 5.80. The van der Waals surface area contributed by atoms with Gasteiger partial charge in [0.1, 0.15) is 6.04 Å². The van der Waals surface area contributed by atoms with Crippen LogP contribution in [0.15, 0.2) is 102 Å². The number of nitrogens with one attached hydrogen (secondary N) is 1. The van der Waals surface area contributed by atoms with Crippen LogP contribution in [0.2, 0.25) is 0 Å². The van der Waals surface area contributed by atoms with Crippen molar-refractivity contribution in [1.29, 1.82) is 0 Å². The highest BCUT2D eigenvalue weighted by molar-refractivity contribution is 9.11. The number of hydrogen-bond donors (Lipinski definition) is 1. The lowest BCUT2D eigenvalue weighted by molar-refractivity contribution is -0.145. The molecule has 0 aliphatic rings. The number of methoxy groups -OCH3 is 1. The van der Waals surface area contributed by atoms with Gasteiger partial charge in [0, 0.05) is 12.8 Å². The zero-order chi connectivity index (χ0) is 23.0. The monoisotopic (exact) mass is 491 g/mol. The normalized spacial score (nSPS) is 11.9. The number of hydrogen-bond acceptors (Lipinski definition) is 3. The van der Waals surface area contributed by atoms with E-state index in [4.69, 9.17) is 4.74 Å². The zero-order valence-corrected chi connectivity index (χ0v) is 19.5. The van der Waals surface area contributed by atoms with Crippen LogP contribution in [0.5, 0.6) is 0 Å². The van der Waals surface area contributed by atoms with E-state index < -0.39 is 17.4 Å². The molecule has 32 heavy (non-hydrogen) atoms. The summed E-state index contributed by atoms with van der Waals surface area (Å²) >= 11 is 3.28. The molecule has 0 saturated heterocycles. The van der Waals surface area contributed by atoms with E-state index >= 15 is 0 Å². The van der Waals surface area contributed by atoms with E-state index in [0.717, 1.165) is 16.7 Å². The minimum atomic E-state index is -0.820. The fraction of sp³-hybridized carbons (Fsp3) is 0.185. The summed E-state index contributed by atoms with van der Waals surface area (Å²) in [6.45, 7) is 3.79. The van der Waals surface area contributed by atoms with Gasteiger partial charge in [-0.3, -0.25) is 4.79 Å². The quantitative estimate of drug-likeness (QED) is 0.323. The largest absolute Gasteiger partial charge is 0.467 e. The van der Waals surface area contributed by atoms with Crippen molar-refractivity contribution in [2.75, 3.05) is 7.11 Å². The van der Waals surface area contributed by atoms with Crippen LogP contribution in [-0.4, -0.2) is 25.0 Å². The molecule has 1 N–H and O–H groups in total. The SMILES string of the molecule is C=C(Br)C[C@H](NC(=O)CC(c1ccccc1)(c1ccccc1)c1ccccc1)C(=O)OC. The average molecular weight is 492 g/mol. The summed E-state index contributed by atoms with van der Waals surface area (Å²) in [4.78, 5) is 25.7. The van der Waals surface area contributed by atoms with Crippen molar-refractivity contribution in [3.63, 3.8) is 0 Å². The van der Waals surface area contributed by atoms with E-state index in [2.05, 4.69) is 27.8 Å². The van der Waals surface area contributed by atoms with Gasteiger partial charge in [0.15, 0.2) is 0 Å². The number of esters is 1. The first-order valence-corrected chi connectivity index (χ1v) is 11.1. The second kappa shape index (κ2) is 10.9. The molecule has 0 spiro atoms. The molecule has 0 unspecified atom stereocenters. The summed E-state index contributed by atoms with van der Waals surface area (Å²) in [7, 11) is 1.31. The number of amides is 1. The van der Waals surface area contributed by atoms with Crippen LogP contribution in [0.4, 0.5) is 0 Å². The average Bonchev–Trinajstić information content (AvgIpc) is 2.83. The van der Waals surface area contributed by atoms with E-state index in [9.17, 15) is 9.59 Å². The number of carbonyl (C=O) groups excluding carboxylic acids is 2. The molecule has 1 atom stereocenters. The van der Waals surface area contributed by atoms with Crippen LogP contribution in [0.3, 0.4) is 0 Å². The van der Waals surface area contributed by atoms with Crippen molar-refractivity contribution in [3.8, 4) is 0 Å². The van der Waals surface area contributed by atoms with Gasteiger partial charge in [0.05, 0.1) is 12.5 Å². The molecule has 0 heterocycles. The highest BCUT2D eigenvalue weighted by Crippen LogP contribution is 2.42. The molecule has 0 aliphatic heterocycles. The summed E-state index contributed by atoms with van der Waals surface area (Å²) in [6.07, 6.45) is 0.362. The molecule has 0 radical (unpaired) electrons. The van der Waals surface area contributed by atoms with Gasteiger partial charge >= 0.3 is 5.97 Å². The standard InChI is InChI=1S/C27H26BrNO3/c1-20(28)18-24(26(31)32-2)29-25(30)19-27(21-12-6-3-7-13-21,22-14-8-4-9-15-22)23-16-10-5-11-17-23/h3-17,24H,1,18-19H2,2H3,(H,29,30)/t24-/m0/s1. The van der Waals surface area contributed by atoms with Crippen molar-refractivity contribution in [2.24, 2.45) is 0 Å². The van der Waals surface area contributed by atoms with E-state index in [1.165, 1.54) is 7.11 Å². The van der Waals surface area contributed by atoms with Crippen LogP contribution >= 0.6 is 15.9 Å². The summed E-state index contributed by atoms with van der Waals surface area (Å²) in [5.41, 5.74) is 2.24. The second-order valence-electron chi connectivity index (χ2n) is 7.54. The third-order valence-electron chi connectivity index (χ3n) is 5.47. The first-order valence-electron chi connectivity index (χ1n) is 10.3. The number of benzene rings is 3. The predicted octanol–water partition coefficient (Wildman–Crippen LogP) is 5.37. The van der Waals surface area contributed by atoms with Gasteiger partial charge in [0.25, 0.3) is 0 Å². The highest BCUT2D eigenvalue weighted by Gasteiger charge is 2.39. The maximum Gasteiger partial charge on any atom is 0.328 e. The molecule has 3 aromatic carbocycles. The van der Waals surface area contributed by atoms with Crippen LogP contribution in [0.1, 0.15) is 29.5 Å². The Labute approximate surface area is 197 Å². The topological polar surface area (TPSA) is 55.4 Å². The minimum absolute atomic E-state index is 0.118. The Kier molecular flexibility index (Phi) is 8.01. The Morgan fingerprint density at radius 2 is 1.28 bits per heavy atom. The van der Waals surface area contributed by atoms with Gasteiger partial charge in [-0.2, -0.15) is 0 Å². The van der Waals surface area contributed by atoms with E-state index in [-0.39, 0.29) is 18.7 Å². The Morgan fingerprint density at radius 3 is 1.62 bits per heavy atom. The molecule has 0 bridgehead atoms. The van der Waals surface area contributed by atoms with Crippen molar-refractivity contribution in [1.82, 2.24) is 5.32 Å². The highest BCUT2D eigenvalue weighted by atomic mass is 79.9. The molecule has 0 aliphatic carbocycles. The van der Waals surface area contributed by atoms with E-state index in [1.54, 1.807) is 0 Å². The van der Waals surface area contributed by atoms with Gasteiger partial charge in [-0.25, -0.2) is 4.79 Å². The summed E-state index contributed by atoms with van der Waals surface area (Å²) in [5.74, 6) is -0.769. The molecule has 1 amide bonds. The number of ether oxygens (including phenoxy) is 1. The molecule has 4 nitrogen and oxygen atoms in total. The van der Waals surface area contributed by atoms with Gasteiger partial charge in [-0.05, 0) is 21.2 Å². The Balaban J connectivity index is 2.09.